The van der Waals surface area contributed by atoms with Crippen molar-refractivity contribution in [3.8, 4) is 0 Å². The van der Waals surface area contributed by atoms with E-state index in [0.717, 1.165) is 5.69 Å². The van der Waals surface area contributed by atoms with Crippen molar-refractivity contribution in [1.82, 2.24) is 4.90 Å². The van der Waals surface area contributed by atoms with E-state index in [2.05, 4.69) is 16.0 Å². The van der Waals surface area contributed by atoms with Gasteiger partial charge in [0.15, 0.2) is 0 Å². The van der Waals surface area contributed by atoms with Gasteiger partial charge in [0.25, 0.3) is 5.91 Å². The SMILES string of the molecule is CCN(CC)C(=O)c1ccc(NC(=O)CNc2cccc(NC(C)=O)c2)cc1. The van der Waals surface area contributed by atoms with Gasteiger partial charge in [-0.15, -0.1) is 0 Å². The number of rotatable bonds is 8. The molecule has 2 aromatic rings. The number of nitrogens with zero attached hydrogens (tertiary/aromatic N) is 1. The lowest BCUT2D eigenvalue weighted by atomic mass is 10.1. The zero-order valence-electron chi connectivity index (χ0n) is 16.4. The van der Waals surface area contributed by atoms with Gasteiger partial charge in [-0.3, -0.25) is 14.4 Å². The average Bonchev–Trinajstić information content (AvgIpc) is 2.67. The molecule has 0 radical (unpaired) electrons. The number of amides is 3. The highest BCUT2D eigenvalue weighted by Crippen LogP contribution is 2.15. The summed E-state index contributed by atoms with van der Waals surface area (Å²) in [7, 11) is 0. The fraction of sp³-hybridized carbons (Fsp3) is 0.286. The number of benzene rings is 2. The number of hydrogen-bond donors (Lipinski definition) is 3. The molecule has 0 bridgehead atoms. The Morgan fingerprint density at radius 2 is 1.50 bits per heavy atom. The molecule has 0 aromatic heterocycles. The summed E-state index contributed by atoms with van der Waals surface area (Å²) in [6.45, 7) is 6.70. The second-order valence-corrected chi connectivity index (χ2v) is 6.22. The largest absolute Gasteiger partial charge is 0.376 e. The smallest absolute Gasteiger partial charge is 0.253 e. The maximum absolute atomic E-state index is 12.3. The first kappa shape index (κ1) is 21.0. The number of carbonyl (C=O) groups is 3. The third kappa shape index (κ3) is 6.12. The first-order chi connectivity index (χ1) is 13.4. The molecule has 0 fully saturated rings. The highest BCUT2D eigenvalue weighted by Gasteiger charge is 2.12. The minimum atomic E-state index is -0.215. The molecule has 2 aromatic carbocycles. The van der Waals surface area contributed by atoms with Crippen molar-refractivity contribution in [2.75, 3.05) is 35.6 Å². The zero-order chi connectivity index (χ0) is 20.5. The lowest BCUT2D eigenvalue weighted by molar-refractivity contribution is -0.115. The molecule has 0 aliphatic carbocycles. The first-order valence-electron chi connectivity index (χ1n) is 9.23. The highest BCUT2D eigenvalue weighted by molar-refractivity contribution is 5.96. The summed E-state index contributed by atoms with van der Waals surface area (Å²) in [6, 6.07) is 14.0. The van der Waals surface area contributed by atoms with Crippen LogP contribution in [0.25, 0.3) is 0 Å². The molecule has 0 saturated carbocycles. The van der Waals surface area contributed by atoms with E-state index in [1.807, 2.05) is 19.9 Å². The third-order valence-corrected chi connectivity index (χ3v) is 4.10. The zero-order valence-corrected chi connectivity index (χ0v) is 16.4. The lowest BCUT2D eigenvalue weighted by Crippen LogP contribution is -2.30. The fourth-order valence-corrected chi connectivity index (χ4v) is 2.69. The molecule has 0 atom stereocenters. The minimum Gasteiger partial charge on any atom is -0.376 e. The van der Waals surface area contributed by atoms with Crippen LogP contribution < -0.4 is 16.0 Å². The maximum atomic E-state index is 12.3. The van der Waals surface area contributed by atoms with Crippen molar-refractivity contribution in [1.29, 1.82) is 0 Å². The Morgan fingerprint density at radius 3 is 2.11 bits per heavy atom. The van der Waals surface area contributed by atoms with Crippen LogP contribution in [0.3, 0.4) is 0 Å². The molecule has 0 spiro atoms. The van der Waals surface area contributed by atoms with Gasteiger partial charge >= 0.3 is 0 Å². The molecule has 28 heavy (non-hydrogen) atoms. The summed E-state index contributed by atoms with van der Waals surface area (Å²) < 4.78 is 0. The van der Waals surface area contributed by atoms with E-state index < -0.39 is 0 Å². The summed E-state index contributed by atoms with van der Waals surface area (Å²) in [5.41, 5.74) is 2.59. The predicted molar refractivity (Wildman–Crippen MR) is 112 cm³/mol. The van der Waals surface area contributed by atoms with Gasteiger partial charge in [0, 0.05) is 42.6 Å². The Morgan fingerprint density at radius 1 is 0.857 bits per heavy atom. The topological polar surface area (TPSA) is 90.5 Å². The summed E-state index contributed by atoms with van der Waals surface area (Å²) in [5, 5.41) is 8.49. The van der Waals surface area contributed by atoms with Gasteiger partial charge in [-0.1, -0.05) is 6.07 Å². The molecule has 0 aliphatic rings. The van der Waals surface area contributed by atoms with Crippen molar-refractivity contribution >= 4 is 34.8 Å². The fourth-order valence-electron chi connectivity index (χ4n) is 2.69. The second-order valence-electron chi connectivity index (χ2n) is 6.22. The molecular formula is C21H26N4O3. The quantitative estimate of drug-likeness (QED) is 0.654. The molecule has 7 nitrogen and oxygen atoms in total. The van der Waals surface area contributed by atoms with E-state index in [9.17, 15) is 14.4 Å². The number of nitrogens with one attached hydrogen (secondary N) is 3. The Labute approximate surface area is 165 Å². The molecule has 3 N–H and O–H groups in total. The van der Waals surface area contributed by atoms with Gasteiger partial charge in [0.05, 0.1) is 6.54 Å². The minimum absolute atomic E-state index is 0.0244. The Balaban J connectivity index is 1.89. The van der Waals surface area contributed by atoms with Gasteiger partial charge in [0.2, 0.25) is 11.8 Å². The van der Waals surface area contributed by atoms with Crippen molar-refractivity contribution in [3.63, 3.8) is 0 Å². The number of anilines is 3. The van der Waals surface area contributed by atoms with E-state index in [4.69, 9.17) is 0 Å². The normalized spacial score (nSPS) is 10.1. The van der Waals surface area contributed by atoms with E-state index in [1.54, 1.807) is 47.4 Å². The molecule has 7 heteroatoms. The molecule has 148 valence electrons. The van der Waals surface area contributed by atoms with Crippen LogP contribution in [-0.2, 0) is 9.59 Å². The van der Waals surface area contributed by atoms with Crippen LogP contribution in [-0.4, -0.2) is 42.3 Å². The Hall–Kier alpha value is -3.35. The highest BCUT2D eigenvalue weighted by atomic mass is 16.2. The van der Waals surface area contributed by atoms with Gasteiger partial charge in [-0.05, 0) is 56.3 Å². The van der Waals surface area contributed by atoms with E-state index in [0.29, 0.717) is 30.0 Å². The molecule has 0 heterocycles. The van der Waals surface area contributed by atoms with Gasteiger partial charge in [-0.2, -0.15) is 0 Å². The molecule has 2 rings (SSSR count). The predicted octanol–water partition coefficient (Wildman–Crippen LogP) is 3.18. The molecular weight excluding hydrogens is 356 g/mol. The Kier molecular flexibility index (Phi) is 7.56. The number of hydrogen-bond acceptors (Lipinski definition) is 4. The average molecular weight is 382 g/mol. The van der Waals surface area contributed by atoms with Crippen LogP contribution in [0.15, 0.2) is 48.5 Å². The Bertz CT molecular complexity index is 830. The van der Waals surface area contributed by atoms with Crippen LogP contribution in [0.1, 0.15) is 31.1 Å². The van der Waals surface area contributed by atoms with Crippen LogP contribution in [0.4, 0.5) is 17.1 Å². The number of carbonyl (C=O) groups excluding carboxylic acids is 3. The maximum Gasteiger partial charge on any atom is 0.253 e. The summed E-state index contributed by atoms with van der Waals surface area (Å²) in [5.74, 6) is -0.394. The van der Waals surface area contributed by atoms with Crippen LogP contribution in [0.5, 0.6) is 0 Å². The summed E-state index contributed by atoms with van der Waals surface area (Å²) in [4.78, 5) is 37.3. The van der Waals surface area contributed by atoms with E-state index >= 15 is 0 Å². The molecule has 3 amide bonds. The summed E-state index contributed by atoms with van der Waals surface area (Å²) in [6.07, 6.45) is 0. The molecule has 0 unspecified atom stereocenters. The van der Waals surface area contributed by atoms with E-state index in [-0.39, 0.29) is 24.3 Å². The van der Waals surface area contributed by atoms with Crippen molar-refractivity contribution in [2.24, 2.45) is 0 Å². The third-order valence-electron chi connectivity index (χ3n) is 4.10. The van der Waals surface area contributed by atoms with Crippen LogP contribution >= 0.6 is 0 Å². The van der Waals surface area contributed by atoms with Crippen LogP contribution in [0.2, 0.25) is 0 Å². The van der Waals surface area contributed by atoms with Crippen molar-refractivity contribution in [2.45, 2.75) is 20.8 Å². The van der Waals surface area contributed by atoms with E-state index in [1.165, 1.54) is 6.92 Å². The van der Waals surface area contributed by atoms with Gasteiger partial charge < -0.3 is 20.9 Å². The van der Waals surface area contributed by atoms with Crippen molar-refractivity contribution in [3.05, 3.63) is 54.1 Å². The molecule has 0 saturated heterocycles. The monoisotopic (exact) mass is 382 g/mol. The van der Waals surface area contributed by atoms with Gasteiger partial charge in [0.1, 0.15) is 0 Å². The van der Waals surface area contributed by atoms with Gasteiger partial charge in [-0.25, -0.2) is 0 Å². The van der Waals surface area contributed by atoms with Crippen LogP contribution in [0, 0.1) is 0 Å². The first-order valence-corrected chi connectivity index (χ1v) is 9.23. The molecule has 0 aliphatic heterocycles. The van der Waals surface area contributed by atoms with Crippen molar-refractivity contribution < 1.29 is 14.4 Å². The summed E-state index contributed by atoms with van der Waals surface area (Å²) >= 11 is 0. The second kappa shape index (κ2) is 10.1. The lowest BCUT2D eigenvalue weighted by Gasteiger charge is -2.18. The standard InChI is InChI=1S/C21H26N4O3/c1-4-25(5-2)21(28)16-9-11-17(12-10-16)24-20(27)14-22-18-7-6-8-19(13-18)23-15(3)26/h6-13,22H,4-5,14H2,1-3H3,(H,23,26)(H,24,27).